The molecule has 0 unspecified atom stereocenters. The van der Waals surface area contributed by atoms with E-state index in [0.717, 1.165) is 22.9 Å². The zero-order valence-electron chi connectivity index (χ0n) is 8.29. The SMILES string of the molecule is NCC(=O)NC1(c2cccc(Br)c2)CC1. The fourth-order valence-electron chi connectivity index (χ4n) is 1.71. The number of hydrogen-bond acceptors (Lipinski definition) is 2. The van der Waals surface area contributed by atoms with Crippen LogP contribution in [0, 0.1) is 0 Å². The van der Waals surface area contributed by atoms with Crippen molar-refractivity contribution in [2.45, 2.75) is 18.4 Å². The summed E-state index contributed by atoms with van der Waals surface area (Å²) < 4.78 is 1.04. The van der Waals surface area contributed by atoms with E-state index < -0.39 is 0 Å². The number of halogens is 1. The molecule has 0 radical (unpaired) electrons. The number of carbonyl (C=O) groups excluding carboxylic acids is 1. The highest BCUT2D eigenvalue weighted by molar-refractivity contribution is 9.10. The van der Waals surface area contributed by atoms with Gasteiger partial charge in [-0.2, -0.15) is 0 Å². The van der Waals surface area contributed by atoms with E-state index in [-0.39, 0.29) is 18.0 Å². The molecule has 1 saturated carbocycles. The molecule has 1 aromatic carbocycles. The van der Waals surface area contributed by atoms with Crippen LogP contribution in [-0.4, -0.2) is 12.5 Å². The summed E-state index contributed by atoms with van der Waals surface area (Å²) in [5.74, 6) is -0.0903. The monoisotopic (exact) mass is 268 g/mol. The molecule has 2 rings (SSSR count). The first kappa shape index (κ1) is 10.6. The maximum Gasteiger partial charge on any atom is 0.234 e. The highest BCUT2D eigenvalue weighted by Gasteiger charge is 2.45. The van der Waals surface area contributed by atoms with Crippen molar-refractivity contribution in [3.63, 3.8) is 0 Å². The molecule has 0 atom stereocenters. The van der Waals surface area contributed by atoms with Crippen LogP contribution in [0.5, 0.6) is 0 Å². The molecule has 0 aromatic heterocycles. The molecular formula is C11H13BrN2O. The normalized spacial score (nSPS) is 17.2. The van der Waals surface area contributed by atoms with Crippen LogP contribution in [0.3, 0.4) is 0 Å². The summed E-state index contributed by atoms with van der Waals surface area (Å²) in [4.78, 5) is 11.3. The van der Waals surface area contributed by atoms with Gasteiger partial charge in [-0.15, -0.1) is 0 Å². The summed E-state index contributed by atoms with van der Waals surface area (Å²) in [6.45, 7) is 0.0513. The summed E-state index contributed by atoms with van der Waals surface area (Å²) in [5, 5.41) is 2.98. The molecule has 0 spiro atoms. The summed E-state index contributed by atoms with van der Waals surface area (Å²) in [6.07, 6.45) is 1.99. The lowest BCUT2D eigenvalue weighted by atomic mass is 10.1. The fraction of sp³-hybridized carbons (Fsp3) is 0.364. The Hall–Kier alpha value is -0.870. The molecule has 4 heteroatoms. The van der Waals surface area contributed by atoms with E-state index in [0.29, 0.717) is 0 Å². The highest BCUT2D eigenvalue weighted by atomic mass is 79.9. The average Bonchev–Trinajstić information content (AvgIpc) is 2.99. The largest absolute Gasteiger partial charge is 0.345 e. The van der Waals surface area contributed by atoms with Crippen molar-refractivity contribution >= 4 is 21.8 Å². The predicted molar refractivity (Wildman–Crippen MR) is 62.3 cm³/mol. The van der Waals surface area contributed by atoms with Crippen molar-refractivity contribution in [2.75, 3.05) is 6.54 Å². The molecule has 80 valence electrons. The third-order valence-corrected chi connectivity index (χ3v) is 3.18. The van der Waals surface area contributed by atoms with E-state index in [9.17, 15) is 4.79 Å². The minimum Gasteiger partial charge on any atom is -0.345 e. The van der Waals surface area contributed by atoms with Crippen LogP contribution in [0.25, 0.3) is 0 Å². The van der Waals surface area contributed by atoms with Crippen LogP contribution in [-0.2, 0) is 10.3 Å². The van der Waals surface area contributed by atoms with Gasteiger partial charge in [-0.3, -0.25) is 4.79 Å². The van der Waals surface area contributed by atoms with Crippen LogP contribution in [0.2, 0.25) is 0 Å². The van der Waals surface area contributed by atoms with Crippen LogP contribution in [0.1, 0.15) is 18.4 Å². The smallest absolute Gasteiger partial charge is 0.234 e. The Morgan fingerprint density at radius 2 is 2.27 bits per heavy atom. The molecule has 1 amide bonds. The second-order valence-electron chi connectivity index (χ2n) is 3.84. The third kappa shape index (κ3) is 2.21. The molecule has 1 aliphatic rings. The number of nitrogens with one attached hydrogen (secondary N) is 1. The lowest BCUT2D eigenvalue weighted by molar-refractivity contribution is -0.120. The Morgan fingerprint density at radius 1 is 1.53 bits per heavy atom. The number of carbonyl (C=O) groups is 1. The fourth-order valence-corrected chi connectivity index (χ4v) is 2.11. The number of nitrogens with two attached hydrogens (primary N) is 1. The molecule has 1 aromatic rings. The van der Waals surface area contributed by atoms with Crippen molar-refractivity contribution in [3.05, 3.63) is 34.3 Å². The Kier molecular flexibility index (Phi) is 2.80. The van der Waals surface area contributed by atoms with Gasteiger partial charge in [0.25, 0.3) is 0 Å². The minimum atomic E-state index is -0.153. The number of benzene rings is 1. The van der Waals surface area contributed by atoms with E-state index in [2.05, 4.69) is 21.2 Å². The third-order valence-electron chi connectivity index (χ3n) is 2.69. The van der Waals surface area contributed by atoms with Gasteiger partial charge in [-0.05, 0) is 30.5 Å². The van der Waals surface area contributed by atoms with E-state index >= 15 is 0 Å². The van der Waals surface area contributed by atoms with Gasteiger partial charge in [0.1, 0.15) is 0 Å². The highest BCUT2D eigenvalue weighted by Crippen LogP contribution is 2.45. The number of hydrogen-bond donors (Lipinski definition) is 2. The summed E-state index contributed by atoms with van der Waals surface area (Å²) in [6, 6.07) is 8.04. The van der Waals surface area contributed by atoms with Crippen LogP contribution >= 0.6 is 15.9 Å². The van der Waals surface area contributed by atoms with Gasteiger partial charge >= 0.3 is 0 Å². The maximum atomic E-state index is 11.3. The first-order valence-corrected chi connectivity index (χ1v) is 5.73. The molecule has 0 saturated heterocycles. The minimum absolute atomic E-state index is 0.0513. The van der Waals surface area contributed by atoms with Crippen molar-refractivity contribution < 1.29 is 4.79 Å². The molecule has 3 nitrogen and oxygen atoms in total. The molecule has 1 aliphatic carbocycles. The summed E-state index contributed by atoms with van der Waals surface area (Å²) in [5.41, 5.74) is 6.29. The molecule has 0 aliphatic heterocycles. The summed E-state index contributed by atoms with van der Waals surface area (Å²) >= 11 is 3.43. The van der Waals surface area contributed by atoms with E-state index in [4.69, 9.17) is 5.73 Å². The van der Waals surface area contributed by atoms with Gasteiger partial charge in [-0.25, -0.2) is 0 Å². The molecule has 0 bridgehead atoms. The first-order chi connectivity index (χ1) is 7.16. The van der Waals surface area contributed by atoms with Gasteiger partial charge in [0.2, 0.25) is 5.91 Å². The molecule has 1 fully saturated rings. The van der Waals surface area contributed by atoms with E-state index in [1.807, 2.05) is 24.3 Å². The second kappa shape index (κ2) is 3.94. The molecular weight excluding hydrogens is 256 g/mol. The summed E-state index contributed by atoms with van der Waals surface area (Å²) in [7, 11) is 0. The van der Waals surface area contributed by atoms with Crippen LogP contribution < -0.4 is 11.1 Å². The van der Waals surface area contributed by atoms with Crippen molar-refractivity contribution in [2.24, 2.45) is 5.73 Å². The van der Waals surface area contributed by atoms with E-state index in [1.54, 1.807) is 0 Å². The van der Waals surface area contributed by atoms with E-state index in [1.165, 1.54) is 0 Å². The van der Waals surface area contributed by atoms with Gasteiger partial charge in [0.15, 0.2) is 0 Å². The zero-order valence-corrected chi connectivity index (χ0v) is 9.88. The Labute approximate surface area is 97.2 Å². The Bertz CT molecular complexity index is 388. The number of rotatable bonds is 3. The maximum absolute atomic E-state index is 11.3. The standard InChI is InChI=1S/C11H13BrN2O/c12-9-3-1-2-8(6-9)11(4-5-11)14-10(15)7-13/h1-3,6H,4-5,7,13H2,(H,14,15). The Morgan fingerprint density at radius 3 is 2.80 bits per heavy atom. The molecule has 0 heterocycles. The second-order valence-corrected chi connectivity index (χ2v) is 4.76. The molecule has 15 heavy (non-hydrogen) atoms. The van der Waals surface area contributed by atoms with Crippen molar-refractivity contribution in [1.29, 1.82) is 0 Å². The lowest BCUT2D eigenvalue weighted by Gasteiger charge is -2.17. The van der Waals surface area contributed by atoms with Gasteiger partial charge < -0.3 is 11.1 Å². The van der Waals surface area contributed by atoms with Crippen LogP contribution in [0.15, 0.2) is 28.7 Å². The van der Waals surface area contributed by atoms with Crippen LogP contribution in [0.4, 0.5) is 0 Å². The number of amides is 1. The van der Waals surface area contributed by atoms with Crippen molar-refractivity contribution in [3.8, 4) is 0 Å². The van der Waals surface area contributed by atoms with Gasteiger partial charge in [0, 0.05) is 4.47 Å². The topological polar surface area (TPSA) is 55.1 Å². The average molecular weight is 269 g/mol. The van der Waals surface area contributed by atoms with Gasteiger partial charge in [-0.1, -0.05) is 28.1 Å². The predicted octanol–water partition coefficient (Wildman–Crippen LogP) is 1.51. The lowest BCUT2D eigenvalue weighted by Crippen LogP contribution is -2.38. The zero-order chi connectivity index (χ0) is 10.9. The van der Waals surface area contributed by atoms with Gasteiger partial charge in [0.05, 0.1) is 12.1 Å². The quantitative estimate of drug-likeness (QED) is 0.874. The molecule has 3 N–H and O–H groups in total. The van der Waals surface area contributed by atoms with Crippen molar-refractivity contribution in [1.82, 2.24) is 5.32 Å². The first-order valence-electron chi connectivity index (χ1n) is 4.93. The Balaban J connectivity index is 2.19.